The standard InChI is InChI=1S/C19H25F2N5O3/c1-22-19(26-6-7-28-17(12-26)14-10-24-25(2)11-14)23-9-13-4-5-15(27-3)16(8-13)29-18(20)21/h4-5,8,10-11,17-18H,6-7,9,12H2,1-3H3,(H,22,23). The lowest BCUT2D eigenvalue weighted by Gasteiger charge is -2.34. The summed E-state index contributed by atoms with van der Waals surface area (Å²) in [5.41, 5.74) is 1.77. The van der Waals surface area contributed by atoms with E-state index in [-0.39, 0.29) is 17.6 Å². The average Bonchev–Trinajstić information content (AvgIpc) is 3.15. The fourth-order valence-electron chi connectivity index (χ4n) is 3.18. The molecule has 1 saturated heterocycles. The molecule has 0 bridgehead atoms. The Balaban J connectivity index is 1.64. The van der Waals surface area contributed by atoms with E-state index in [1.165, 1.54) is 13.2 Å². The van der Waals surface area contributed by atoms with Gasteiger partial charge >= 0.3 is 6.61 Å². The molecule has 1 atom stereocenters. The Morgan fingerprint density at radius 1 is 1.41 bits per heavy atom. The Bertz CT molecular complexity index is 843. The van der Waals surface area contributed by atoms with Crippen molar-refractivity contribution in [2.75, 3.05) is 33.9 Å². The molecule has 0 amide bonds. The van der Waals surface area contributed by atoms with Crippen molar-refractivity contribution >= 4 is 5.96 Å². The molecule has 10 heteroatoms. The zero-order chi connectivity index (χ0) is 20.8. The van der Waals surface area contributed by atoms with Gasteiger partial charge in [0.2, 0.25) is 0 Å². The highest BCUT2D eigenvalue weighted by Crippen LogP contribution is 2.29. The van der Waals surface area contributed by atoms with Crippen LogP contribution in [0.3, 0.4) is 0 Å². The lowest BCUT2D eigenvalue weighted by Crippen LogP contribution is -2.47. The van der Waals surface area contributed by atoms with Gasteiger partial charge in [0.05, 0.1) is 26.5 Å². The Kier molecular flexibility index (Phi) is 6.86. The Morgan fingerprint density at radius 3 is 2.90 bits per heavy atom. The molecule has 8 nitrogen and oxygen atoms in total. The molecule has 1 fully saturated rings. The van der Waals surface area contributed by atoms with E-state index in [0.717, 1.165) is 11.1 Å². The first-order valence-electron chi connectivity index (χ1n) is 9.17. The van der Waals surface area contributed by atoms with Crippen molar-refractivity contribution in [3.8, 4) is 11.5 Å². The predicted octanol–water partition coefficient (Wildman–Crippen LogP) is 2.18. The summed E-state index contributed by atoms with van der Waals surface area (Å²) in [5, 5.41) is 7.46. The second-order valence-electron chi connectivity index (χ2n) is 6.52. The zero-order valence-corrected chi connectivity index (χ0v) is 16.6. The highest BCUT2D eigenvalue weighted by atomic mass is 19.3. The van der Waals surface area contributed by atoms with Crippen LogP contribution in [0, 0.1) is 0 Å². The molecule has 1 unspecified atom stereocenters. The monoisotopic (exact) mass is 409 g/mol. The van der Waals surface area contributed by atoms with Crippen LogP contribution in [0.25, 0.3) is 0 Å². The summed E-state index contributed by atoms with van der Waals surface area (Å²) in [6, 6.07) is 4.92. The number of halogens is 2. The second-order valence-corrected chi connectivity index (χ2v) is 6.52. The molecule has 1 aliphatic rings. The molecule has 1 aromatic heterocycles. The Hall–Kier alpha value is -2.88. The second kappa shape index (κ2) is 9.55. The summed E-state index contributed by atoms with van der Waals surface area (Å²) in [7, 11) is 4.98. The van der Waals surface area contributed by atoms with Crippen molar-refractivity contribution in [2.24, 2.45) is 12.0 Å². The minimum Gasteiger partial charge on any atom is -0.493 e. The molecule has 1 aliphatic heterocycles. The summed E-state index contributed by atoms with van der Waals surface area (Å²) < 4.78 is 42.5. The number of hydrogen-bond donors (Lipinski definition) is 1. The number of aromatic nitrogens is 2. The number of benzene rings is 1. The normalized spacial score (nSPS) is 17.5. The third kappa shape index (κ3) is 5.35. The van der Waals surface area contributed by atoms with Crippen molar-refractivity contribution in [1.82, 2.24) is 20.0 Å². The van der Waals surface area contributed by atoms with Crippen LogP contribution in [-0.2, 0) is 18.3 Å². The molecule has 0 spiro atoms. The van der Waals surface area contributed by atoms with Crippen LogP contribution in [0.5, 0.6) is 11.5 Å². The van der Waals surface area contributed by atoms with Gasteiger partial charge in [-0.3, -0.25) is 9.67 Å². The van der Waals surface area contributed by atoms with Gasteiger partial charge in [-0.25, -0.2) is 0 Å². The Morgan fingerprint density at radius 2 is 2.24 bits per heavy atom. The van der Waals surface area contributed by atoms with Crippen LogP contribution in [0.2, 0.25) is 0 Å². The quantitative estimate of drug-likeness (QED) is 0.583. The van der Waals surface area contributed by atoms with Crippen molar-refractivity contribution in [1.29, 1.82) is 0 Å². The van der Waals surface area contributed by atoms with Crippen LogP contribution in [0.15, 0.2) is 35.6 Å². The summed E-state index contributed by atoms with van der Waals surface area (Å²) in [4.78, 5) is 6.44. The molecule has 0 aliphatic carbocycles. The highest BCUT2D eigenvalue weighted by Gasteiger charge is 2.25. The van der Waals surface area contributed by atoms with Gasteiger partial charge in [0.25, 0.3) is 0 Å². The number of alkyl halides is 2. The van der Waals surface area contributed by atoms with E-state index in [1.54, 1.807) is 30.1 Å². The van der Waals surface area contributed by atoms with E-state index in [0.29, 0.717) is 32.2 Å². The number of nitrogens with one attached hydrogen (secondary N) is 1. The van der Waals surface area contributed by atoms with Gasteiger partial charge in [0.15, 0.2) is 17.5 Å². The molecule has 1 N–H and O–H groups in total. The first-order chi connectivity index (χ1) is 14.0. The maximum absolute atomic E-state index is 12.6. The van der Waals surface area contributed by atoms with Crippen LogP contribution >= 0.6 is 0 Å². The maximum Gasteiger partial charge on any atom is 0.387 e. The van der Waals surface area contributed by atoms with Gasteiger partial charge in [-0.2, -0.15) is 13.9 Å². The topological polar surface area (TPSA) is 73.1 Å². The molecule has 158 valence electrons. The third-order valence-electron chi connectivity index (χ3n) is 4.57. The number of rotatable bonds is 6. The van der Waals surface area contributed by atoms with E-state index < -0.39 is 6.61 Å². The van der Waals surface area contributed by atoms with Crippen LogP contribution in [0.4, 0.5) is 8.78 Å². The number of hydrogen-bond acceptors (Lipinski definition) is 5. The molecule has 1 aromatic carbocycles. The van der Waals surface area contributed by atoms with E-state index in [1.807, 2.05) is 13.2 Å². The number of methoxy groups -OCH3 is 1. The highest BCUT2D eigenvalue weighted by molar-refractivity contribution is 5.80. The summed E-state index contributed by atoms with van der Waals surface area (Å²) >= 11 is 0. The van der Waals surface area contributed by atoms with Crippen LogP contribution in [-0.4, -0.2) is 61.1 Å². The van der Waals surface area contributed by atoms with Gasteiger partial charge < -0.3 is 24.4 Å². The molecule has 0 saturated carbocycles. The van der Waals surface area contributed by atoms with Crippen LogP contribution < -0.4 is 14.8 Å². The number of aryl methyl sites for hydroxylation is 1. The number of nitrogens with zero attached hydrogens (tertiary/aromatic N) is 4. The van der Waals surface area contributed by atoms with Gasteiger partial charge in [-0.05, 0) is 17.7 Å². The maximum atomic E-state index is 12.6. The number of ether oxygens (including phenoxy) is 3. The minimum atomic E-state index is -2.92. The first kappa shape index (κ1) is 20.8. The van der Waals surface area contributed by atoms with E-state index in [2.05, 4.69) is 25.0 Å². The summed E-state index contributed by atoms with van der Waals surface area (Å²) in [5.74, 6) is 0.958. The van der Waals surface area contributed by atoms with Gasteiger partial charge in [-0.1, -0.05) is 6.07 Å². The number of morpholine rings is 1. The van der Waals surface area contributed by atoms with Crippen molar-refractivity contribution in [3.05, 3.63) is 41.7 Å². The molecule has 2 aromatic rings. The molecule has 2 heterocycles. The van der Waals surface area contributed by atoms with E-state index >= 15 is 0 Å². The van der Waals surface area contributed by atoms with Gasteiger partial charge in [0.1, 0.15) is 6.10 Å². The smallest absolute Gasteiger partial charge is 0.387 e. The van der Waals surface area contributed by atoms with Crippen LogP contribution in [0.1, 0.15) is 17.2 Å². The van der Waals surface area contributed by atoms with Gasteiger partial charge in [0, 0.05) is 38.9 Å². The Labute approximate surface area is 168 Å². The lowest BCUT2D eigenvalue weighted by molar-refractivity contribution is -0.0512. The first-order valence-corrected chi connectivity index (χ1v) is 9.17. The predicted molar refractivity (Wildman–Crippen MR) is 103 cm³/mol. The number of guanidine groups is 1. The zero-order valence-electron chi connectivity index (χ0n) is 16.6. The number of aliphatic imine (C=N–C) groups is 1. The third-order valence-corrected chi connectivity index (χ3v) is 4.57. The summed E-state index contributed by atoms with van der Waals surface area (Å²) in [6.45, 7) is -0.634. The largest absolute Gasteiger partial charge is 0.493 e. The SMILES string of the molecule is CN=C(NCc1ccc(OC)c(OC(F)F)c1)N1CCOC(c2cnn(C)c2)C1. The van der Waals surface area contributed by atoms with Gasteiger partial charge in [-0.15, -0.1) is 0 Å². The van der Waals surface area contributed by atoms with Crippen molar-refractivity contribution in [2.45, 2.75) is 19.3 Å². The molecular formula is C19H25F2N5O3. The molecule has 29 heavy (non-hydrogen) atoms. The summed E-state index contributed by atoms with van der Waals surface area (Å²) in [6.07, 6.45) is 3.64. The van der Waals surface area contributed by atoms with Crippen molar-refractivity contribution < 1.29 is 23.0 Å². The fourth-order valence-corrected chi connectivity index (χ4v) is 3.18. The lowest BCUT2D eigenvalue weighted by atomic mass is 10.1. The average molecular weight is 409 g/mol. The fraction of sp³-hybridized carbons (Fsp3) is 0.474. The van der Waals surface area contributed by atoms with Crippen molar-refractivity contribution in [3.63, 3.8) is 0 Å². The van der Waals surface area contributed by atoms with E-state index in [4.69, 9.17) is 9.47 Å². The molecular weight excluding hydrogens is 384 g/mol. The van der Waals surface area contributed by atoms with E-state index in [9.17, 15) is 8.78 Å². The molecule has 0 radical (unpaired) electrons. The molecule has 3 rings (SSSR count). The minimum absolute atomic E-state index is 0.000184.